The highest BCUT2D eigenvalue weighted by atomic mass is 16.5. The summed E-state index contributed by atoms with van der Waals surface area (Å²) in [5.74, 6) is 0.641. The number of nitrogens with zero attached hydrogens (tertiary/aromatic N) is 2. The van der Waals surface area contributed by atoms with Gasteiger partial charge in [0.2, 0.25) is 0 Å². The van der Waals surface area contributed by atoms with E-state index >= 15 is 0 Å². The molecule has 0 aromatic carbocycles. The number of hydrogen-bond acceptors (Lipinski definition) is 4. The number of likely N-dealkylation sites (N-methyl/N-ethyl adjacent to an activating group) is 1. The van der Waals surface area contributed by atoms with Gasteiger partial charge in [0.15, 0.2) is 0 Å². The van der Waals surface area contributed by atoms with Crippen molar-refractivity contribution in [2.45, 2.75) is 32.7 Å². The Bertz CT molecular complexity index is 221. The Morgan fingerprint density at radius 2 is 1.95 bits per heavy atom. The molecule has 1 aliphatic heterocycles. The van der Waals surface area contributed by atoms with Crippen molar-refractivity contribution in [3.8, 4) is 0 Å². The first-order valence-corrected chi connectivity index (χ1v) is 7.85. The fraction of sp³-hybridized carbons (Fsp3) is 1.00. The van der Waals surface area contributed by atoms with Crippen LogP contribution in [0.1, 0.15) is 26.7 Å². The van der Waals surface area contributed by atoms with Crippen molar-refractivity contribution in [3.63, 3.8) is 0 Å². The average Bonchev–Trinajstić information content (AvgIpc) is 2.38. The molecule has 0 spiro atoms. The first-order valence-electron chi connectivity index (χ1n) is 7.85. The molecule has 2 unspecified atom stereocenters. The monoisotopic (exact) mass is 271 g/mol. The third-order valence-corrected chi connectivity index (χ3v) is 3.84. The minimum Gasteiger partial charge on any atom is -0.381 e. The number of rotatable bonds is 9. The van der Waals surface area contributed by atoms with E-state index in [1.54, 1.807) is 0 Å². The molecule has 1 N–H and O–H groups in total. The Balaban J connectivity index is 2.44. The molecule has 0 saturated carbocycles. The molecular weight excluding hydrogens is 238 g/mol. The quantitative estimate of drug-likeness (QED) is 0.683. The van der Waals surface area contributed by atoms with Gasteiger partial charge in [0, 0.05) is 38.2 Å². The summed E-state index contributed by atoms with van der Waals surface area (Å²) < 4.78 is 5.69. The van der Waals surface area contributed by atoms with Crippen LogP contribution < -0.4 is 5.32 Å². The summed E-state index contributed by atoms with van der Waals surface area (Å²) in [6.45, 7) is 12.0. The van der Waals surface area contributed by atoms with Gasteiger partial charge in [0.1, 0.15) is 0 Å². The normalized spacial score (nSPS) is 24.3. The topological polar surface area (TPSA) is 27.7 Å². The van der Waals surface area contributed by atoms with Gasteiger partial charge in [-0.05, 0) is 40.0 Å². The lowest BCUT2D eigenvalue weighted by molar-refractivity contribution is 0.0162. The van der Waals surface area contributed by atoms with Gasteiger partial charge in [-0.1, -0.05) is 13.8 Å². The number of ether oxygens (including phenoxy) is 1. The molecule has 0 bridgehead atoms. The van der Waals surface area contributed by atoms with Crippen molar-refractivity contribution < 1.29 is 4.74 Å². The lowest BCUT2D eigenvalue weighted by Crippen LogP contribution is -2.48. The van der Waals surface area contributed by atoms with Crippen molar-refractivity contribution in [1.29, 1.82) is 0 Å². The molecule has 0 radical (unpaired) electrons. The smallest absolute Gasteiger partial charge is 0.0521 e. The maximum Gasteiger partial charge on any atom is 0.0521 e. The van der Waals surface area contributed by atoms with E-state index in [0.717, 1.165) is 39.3 Å². The molecule has 0 aliphatic carbocycles. The van der Waals surface area contributed by atoms with Crippen LogP contribution in [0.3, 0.4) is 0 Å². The molecule has 1 aliphatic rings. The highest BCUT2D eigenvalue weighted by Gasteiger charge is 2.26. The predicted molar refractivity (Wildman–Crippen MR) is 81.7 cm³/mol. The molecule has 0 aromatic rings. The van der Waals surface area contributed by atoms with Crippen LogP contribution in [0.5, 0.6) is 0 Å². The van der Waals surface area contributed by atoms with E-state index in [4.69, 9.17) is 4.74 Å². The Morgan fingerprint density at radius 1 is 1.16 bits per heavy atom. The van der Waals surface area contributed by atoms with E-state index in [0.29, 0.717) is 12.0 Å². The van der Waals surface area contributed by atoms with Gasteiger partial charge in [-0.3, -0.25) is 0 Å². The first-order chi connectivity index (χ1) is 9.17. The molecule has 4 nitrogen and oxygen atoms in total. The summed E-state index contributed by atoms with van der Waals surface area (Å²) >= 11 is 0. The summed E-state index contributed by atoms with van der Waals surface area (Å²) in [7, 11) is 4.30. The molecule has 0 amide bonds. The molecule has 0 aromatic heterocycles. The second kappa shape index (κ2) is 9.70. The Hall–Kier alpha value is -0.160. The lowest BCUT2D eigenvalue weighted by Gasteiger charge is -2.36. The van der Waals surface area contributed by atoms with Crippen molar-refractivity contribution in [3.05, 3.63) is 0 Å². The van der Waals surface area contributed by atoms with Crippen LogP contribution in [-0.4, -0.2) is 75.9 Å². The second-order valence-electron chi connectivity index (χ2n) is 5.89. The van der Waals surface area contributed by atoms with Gasteiger partial charge in [-0.15, -0.1) is 0 Å². The van der Waals surface area contributed by atoms with Crippen LogP contribution in [0.15, 0.2) is 0 Å². The van der Waals surface area contributed by atoms with Crippen LogP contribution >= 0.6 is 0 Å². The molecule has 4 heteroatoms. The molecule has 114 valence electrons. The van der Waals surface area contributed by atoms with E-state index in [1.165, 1.54) is 19.5 Å². The Morgan fingerprint density at radius 3 is 2.58 bits per heavy atom. The van der Waals surface area contributed by atoms with Gasteiger partial charge in [-0.25, -0.2) is 0 Å². The largest absolute Gasteiger partial charge is 0.381 e. The minimum atomic E-state index is 0.637. The Kier molecular flexibility index (Phi) is 8.62. The van der Waals surface area contributed by atoms with Gasteiger partial charge < -0.3 is 19.9 Å². The molecule has 1 fully saturated rings. The zero-order valence-corrected chi connectivity index (χ0v) is 13.3. The first kappa shape index (κ1) is 16.9. The molecule has 19 heavy (non-hydrogen) atoms. The van der Waals surface area contributed by atoms with Crippen LogP contribution in [0.4, 0.5) is 0 Å². The van der Waals surface area contributed by atoms with Crippen LogP contribution in [0.25, 0.3) is 0 Å². The zero-order chi connectivity index (χ0) is 14.1. The van der Waals surface area contributed by atoms with Crippen LogP contribution in [0, 0.1) is 5.92 Å². The van der Waals surface area contributed by atoms with Gasteiger partial charge in [-0.2, -0.15) is 0 Å². The van der Waals surface area contributed by atoms with E-state index < -0.39 is 0 Å². The minimum absolute atomic E-state index is 0.637. The van der Waals surface area contributed by atoms with E-state index in [2.05, 4.69) is 43.1 Å². The maximum atomic E-state index is 5.69. The second-order valence-corrected chi connectivity index (χ2v) is 5.89. The fourth-order valence-corrected chi connectivity index (χ4v) is 2.79. The molecule has 2 atom stereocenters. The average molecular weight is 271 g/mol. The van der Waals surface area contributed by atoms with Gasteiger partial charge in [0.25, 0.3) is 0 Å². The third-order valence-electron chi connectivity index (χ3n) is 3.84. The SMILES string of the molecule is CCCN(CCN(C)C)CC1COCCC1NCC. The predicted octanol–water partition coefficient (Wildman–Crippen LogP) is 1.27. The summed E-state index contributed by atoms with van der Waals surface area (Å²) in [5, 5.41) is 3.63. The standard InChI is InChI=1S/C15H33N3O/c1-5-8-18(10-9-17(3)4)12-14-13-19-11-7-15(14)16-6-2/h14-16H,5-13H2,1-4H3. The van der Waals surface area contributed by atoms with Crippen molar-refractivity contribution >= 4 is 0 Å². The summed E-state index contributed by atoms with van der Waals surface area (Å²) in [6.07, 6.45) is 2.39. The molecular formula is C15H33N3O. The highest BCUT2D eigenvalue weighted by molar-refractivity contribution is 4.82. The van der Waals surface area contributed by atoms with E-state index in [1.807, 2.05) is 0 Å². The van der Waals surface area contributed by atoms with Crippen LogP contribution in [-0.2, 0) is 4.74 Å². The molecule has 1 rings (SSSR count). The maximum absolute atomic E-state index is 5.69. The summed E-state index contributed by atoms with van der Waals surface area (Å²) in [6, 6.07) is 0.637. The van der Waals surface area contributed by atoms with Gasteiger partial charge in [0.05, 0.1) is 6.61 Å². The van der Waals surface area contributed by atoms with Crippen molar-refractivity contribution in [2.75, 3.05) is 60.0 Å². The third kappa shape index (κ3) is 6.70. The van der Waals surface area contributed by atoms with Crippen molar-refractivity contribution in [1.82, 2.24) is 15.1 Å². The molecule has 1 saturated heterocycles. The molecule has 1 heterocycles. The number of hydrogen-bond donors (Lipinski definition) is 1. The van der Waals surface area contributed by atoms with Gasteiger partial charge >= 0.3 is 0 Å². The lowest BCUT2D eigenvalue weighted by atomic mass is 9.95. The number of nitrogens with one attached hydrogen (secondary N) is 1. The Labute approximate surface area is 119 Å². The summed E-state index contributed by atoms with van der Waals surface area (Å²) in [5.41, 5.74) is 0. The zero-order valence-electron chi connectivity index (χ0n) is 13.3. The highest BCUT2D eigenvalue weighted by Crippen LogP contribution is 2.16. The van der Waals surface area contributed by atoms with Crippen LogP contribution in [0.2, 0.25) is 0 Å². The van der Waals surface area contributed by atoms with E-state index in [9.17, 15) is 0 Å². The van der Waals surface area contributed by atoms with E-state index in [-0.39, 0.29) is 0 Å². The summed E-state index contributed by atoms with van der Waals surface area (Å²) in [4.78, 5) is 4.87. The fourth-order valence-electron chi connectivity index (χ4n) is 2.79. The van der Waals surface area contributed by atoms with Crippen molar-refractivity contribution in [2.24, 2.45) is 5.92 Å².